The number of rotatable bonds is 1. The number of hydrogen-bond acceptors (Lipinski definition) is 3. The molecule has 6 heteroatoms. The molecule has 104 valence electrons. The van der Waals surface area contributed by atoms with Crippen LogP contribution < -0.4 is 4.80 Å². The highest BCUT2D eigenvalue weighted by molar-refractivity contribution is 7.09. The molecule has 1 aliphatic heterocycles. The minimum atomic E-state index is -0.144. The van der Waals surface area contributed by atoms with E-state index in [4.69, 9.17) is 0 Å². The number of aryl methyl sites for hydroxylation is 1. The first-order valence-corrected chi connectivity index (χ1v) is 7.50. The Balaban J connectivity index is 1.99. The van der Waals surface area contributed by atoms with Crippen LogP contribution in [0.3, 0.4) is 0 Å². The zero-order chi connectivity index (χ0) is 13.9. The number of amides is 2. The zero-order valence-electron chi connectivity index (χ0n) is 11.3. The van der Waals surface area contributed by atoms with Gasteiger partial charge in [-0.3, -0.25) is 4.57 Å². The number of nitrogens with zero attached hydrogens (tertiary/aromatic N) is 4. The maximum atomic E-state index is 12.1. The molecule has 0 N–H and O–H groups in total. The first kappa shape index (κ1) is 13.1. The average Bonchev–Trinajstić information content (AvgIpc) is 3.09. The van der Waals surface area contributed by atoms with E-state index in [0.717, 1.165) is 36.6 Å². The normalized spacial score (nSPS) is 15.8. The van der Waals surface area contributed by atoms with Crippen molar-refractivity contribution in [3.05, 3.63) is 40.3 Å². The molecule has 0 aromatic carbocycles. The SMILES string of the molecule is Cc1cn(-c2ccccn2)c(=NC(=O)N2CCCC2)s1. The lowest BCUT2D eigenvalue weighted by molar-refractivity contribution is 0.218. The summed E-state index contributed by atoms with van der Waals surface area (Å²) in [6.07, 6.45) is 5.85. The van der Waals surface area contributed by atoms with E-state index in [0.29, 0.717) is 4.80 Å². The second kappa shape index (κ2) is 5.58. The fraction of sp³-hybridized carbons (Fsp3) is 0.357. The minimum absolute atomic E-state index is 0.144. The summed E-state index contributed by atoms with van der Waals surface area (Å²) in [4.78, 5) is 24.3. The predicted octanol–water partition coefficient (Wildman–Crippen LogP) is 2.36. The maximum absolute atomic E-state index is 12.1. The van der Waals surface area contributed by atoms with Crippen LogP contribution in [0.2, 0.25) is 0 Å². The Hall–Kier alpha value is -1.95. The molecule has 3 heterocycles. The summed E-state index contributed by atoms with van der Waals surface area (Å²) in [6.45, 7) is 3.63. The Morgan fingerprint density at radius 1 is 1.35 bits per heavy atom. The van der Waals surface area contributed by atoms with Gasteiger partial charge in [0.15, 0.2) is 0 Å². The molecule has 1 aliphatic rings. The first-order chi connectivity index (χ1) is 9.74. The van der Waals surface area contributed by atoms with Gasteiger partial charge in [0.05, 0.1) is 0 Å². The third-order valence-corrected chi connectivity index (χ3v) is 4.13. The highest BCUT2D eigenvalue weighted by Crippen LogP contribution is 2.10. The van der Waals surface area contributed by atoms with Crippen LogP contribution in [0.4, 0.5) is 4.79 Å². The summed E-state index contributed by atoms with van der Waals surface area (Å²) in [5.74, 6) is 0.782. The van der Waals surface area contributed by atoms with E-state index in [1.54, 1.807) is 11.1 Å². The molecule has 0 aliphatic carbocycles. The van der Waals surface area contributed by atoms with Crippen molar-refractivity contribution in [3.8, 4) is 5.82 Å². The van der Waals surface area contributed by atoms with E-state index in [2.05, 4.69) is 9.98 Å². The molecular weight excluding hydrogens is 272 g/mol. The molecule has 2 aromatic heterocycles. The lowest BCUT2D eigenvalue weighted by atomic mass is 10.4. The van der Waals surface area contributed by atoms with Crippen LogP contribution >= 0.6 is 11.3 Å². The van der Waals surface area contributed by atoms with Crippen molar-refractivity contribution < 1.29 is 4.79 Å². The summed E-state index contributed by atoms with van der Waals surface area (Å²) in [7, 11) is 0. The van der Waals surface area contributed by atoms with Crippen LogP contribution in [0, 0.1) is 6.92 Å². The number of likely N-dealkylation sites (tertiary alicyclic amines) is 1. The summed E-state index contributed by atoms with van der Waals surface area (Å²) in [5, 5.41) is 0. The lowest BCUT2D eigenvalue weighted by Gasteiger charge is -2.10. The molecule has 0 unspecified atom stereocenters. The average molecular weight is 288 g/mol. The topological polar surface area (TPSA) is 50.5 Å². The molecule has 20 heavy (non-hydrogen) atoms. The molecule has 0 spiro atoms. The zero-order valence-corrected chi connectivity index (χ0v) is 12.1. The fourth-order valence-corrected chi connectivity index (χ4v) is 3.07. The summed E-state index contributed by atoms with van der Waals surface area (Å²) in [6, 6.07) is 5.56. The smallest absolute Gasteiger partial charge is 0.323 e. The van der Waals surface area contributed by atoms with Gasteiger partial charge in [0.25, 0.3) is 0 Å². The highest BCUT2D eigenvalue weighted by Gasteiger charge is 2.17. The third-order valence-electron chi connectivity index (χ3n) is 3.23. The summed E-state index contributed by atoms with van der Waals surface area (Å²) >= 11 is 1.51. The van der Waals surface area contributed by atoms with Gasteiger partial charge in [-0.05, 0) is 31.9 Å². The number of urea groups is 1. The monoisotopic (exact) mass is 288 g/mol. The van der Waals surface area contributed by atoms with Gasteiger partial charge in [-0.1, -0.05) is 6.07 Å². The largest absolute Gasteiger partial charge is 0.346 e. The number of aromatic nitrogens is 2. The lowest BCUT2D eigenvalue weighted by Crippen LogP contribution is -2.27. The molecule has 0 radical (unpaired) electrons. The molecule has 0 saturated carbocycles. The third kappa shape index (κ3) is 2.65. The summed E-state index contributed by atoms with van der Waals surface area (Å²) < 4.78 is 1.87. The van der Waals surface area contributed by atoms with Gasteiger partial charge >= 0.3 is 6.03 Å². The fourth-order valence-electron chi connectivity index (χ4n) is 2.25. The Morgan fingerprint density at radius 2 is 2.15 bits per heavy atom. The number of thiazole rings is 1. The second-order valence-electron chi connectivity index (χ2n) is 4.77. The van der Waals surface area contributed by atoms with Gasteiger partial charge in [-0.25, -0.2) is 9.78 Å². The molecule has 1 saturated heterocycles. The molecule has 0 bridgehead atoms. The van der Waals surface area contributed by atoms with Crippen molar-refractivity contribution in [3.63, 3.8) is 0 Å². The number of pyridine rings is 1. The number of hydrogen-bond donors (Lipinski definition) is 0. The molecule has 3 rings (SSSR count). The van der Waals surface area contributed by atoms with Crippen molar-refractivity contribution in [2.75, 3.05) is 13.1 Å². The molecule has 2 amide bonds. The van der Waals surface area contributed by atoms with Gasteiger partial charge < -0.3 is 4.90 Å². The molecule has 0 atom stereocenters. The van der Waals surface area contributed by atoms with Gasteiger partial charge in [0.2, 0.25) is 4.80 Å². The molecule has 2 aromatic rings. The Kier molecular flexibility index (Phi) is 3.64. The van der Waals surface area contributed by atoms with Crippen LogP contribution in [0.1, 0.15) is 17.7 Å². The maximum Gasteiger partial charge on any atom is 0.346 e. The number of carbonyl (C=O) groups excluding carboxylic acids is 1. The van der Waals surface area contributed by atoms with Crippen LogP contribution in [0.15, 0.2) is 35.6 Å². The van der Waals surface area contributed by atoms with Crippen LogP contribution in [0.25, 0.3) is 5.82 Å². The van der Waals surface area contributed by atoms with E-state index in [1.165, 1.54) is 11.3 Å². The van der Waals surface area contributed by atoms with Crippen LogP contribution in [0.5, 0.6) is 0 Å². The van der Waals surface area contributed by atoms with Crippen molar-refractivity contribution in [2.45, 2.75) is 19.8 Å². The minimum Gasteiger partial charge on any atom is -0.323 e. The van der Waals surface area contributed by atoms with Crippen LogP contribution in [-0.4, -0.2) is 33.6 Å². The standard InChI is InChI=1S/C14H16N4OS/c1-11-10-18(12-6-2-3-7-15-12)14(20-11)16-13(19)17-8-4-5-9-17/h2-3,6-7,10H,4-5,8-9H2,1H3. The first-order valence-electron chi connectivity index (χ1n) is 6.68. The predicted molar refractivity (Wildman–Crippen MR) is 77.9 cm³/mol. The van der Waals surface area contributed by atoms with Crippen molar-refractivity contribution >= 4 is 17.4 Å². The van der Waals surface area contributed by atoms with Gasteiger partial charge in [-0.15, -0.1) is 11.3 Å². The van der Waals surface area contributed by atoms with Gasteiger partial charge in [0, 0.05) is 30.4 Å². The highest BCUT2D eigenvalue weighted by atomic mass is 32.1. The van der Waals surface area contributed by atoms with E-state index in [-0.39, 0.29) is 6.03 Å². The van der Waals surface area contributed by atoms with E-state index >= 15 is 0 Å². The molecular formula is C14H16N4OS. The van der Waals surface area contributed by atoms with Gasteiger partial charge in [-0.2, -0.15) is 4.99 Å². The van der Waals surface area contributed by atoms with Gasteiger partial charge in [0.1, 0.15) is 5.82 Å². The Labute approximate surface area is 121 Å². The van der Waals surface area contributed by atoms with E-state index in [1.807, 2.05) is 35.9 Å². The van der Waals surface area contributed by atoms with E-state index in [9.17, 15) is 4.79 Å². The van der Waals surface area contributed by atoms with Crippen LogP contribution in [-0.2, 0) is 0 Å². The second-order valence-corrected chi connectivity index (χ2v) is 5.98. The molecule has 5 nitrogen and oxygen atoms in total. The summed E-state index contributed by atoms with van der Waals surface area (Å²) in [5.41, 5.74) is 0. The number of carbonyl (C=O) groups is 1. The Bertz CT molecular complexity index is 668. The van der Waals surface area contributed by atoms with Crippen molar-refractivity contribution in [1.82, 2.24) is 14.5 Å². The van der Waals surface area contributed by atoms with Crippen molar-refractivity contribution in [2.24, 2.45) is 4.99 Å². The van der Waals surface area contributed by atoms with Crippen molar-refractivity contribution in [1.29, 1.82) is 0 Å². The van der Waals surface area contributed by atoms with E-state index < -0.39 is 0 Å². The Morgan fingerprint density at radius 3 is 2.85 bits per heavy atom. The molecule has 1 fully saturated rings. The quantitative estimate of drug-likeness (QED) is 0.809.